The predicted molar refractivity (Wildman–Crippen MR) is 122 cm³/mol. The SMILES string of the molecule is CN(C)c1cccc2c(S(=O)(=O)Nc3cn([C@H]4C[C@H](O)[C@@H](CO)O4)c(=O)[nH]c3=O)cccc12. The zero-order chi connectivity index (χ0) is 23.9. The van der Waals surface area contributed by atoms with E-state index in [1.807, 2.05) is 25.1 Å². The molecule has 4 N–H and O–H groups in total. The van der Waals surface area contributed by atoms with Gasteiger partial charge in [0.25, 0.3) is 15.6 Å². The van der Waals surface area contributed by atoms with Gasteiger partial charge < -0.3 is 19.8 Å². The normalized spacial score (nSPS) is 20.8. The molecule has 2 heterocycles. The molecule has 33 heavy (non-hydrogen) atoms. The Hall–Kier alpha value is -3.19. The molecule has 0 amide bonds. The Balaban J connectivity index is 1.75. The summed E-state index contributed by atoms with van der Waals surface area (Å²) in [7, 11) is -0.523. The molecule has 12 heteroatoms. The maximum absolute atomic E-state index is 13.2. The van der Waals surface area contributed by atoms with Gasteiger partial charge >= 0.3 is 5.69 Å². The summed E-state index contributed by atoms with van der Waals surface area (Å²) in [6.45, 7) is -0.453. The van der Waals surface area contributed by atoms with E-state index in [0.717, 1.165) is 16.5 Å². The molecule has 0 spiro atoms. The van der Waals surface area contributed by atoms with E-state index < -0.39 is 46.3 Å². The number of hydrogen-bond donors (Lipinski definition) is 4. The summed E-state index contributed by atoms with van der Waals surface area (Å²) in [5, 5.41) is 20.4. The molecule has 1 aromatic heterocycles. The maximum Gasteiger partial charge on any atom is 0.330 e. The number of fused-ring (bicyclic) bond motifs is 1. The monoisotopic (exact) mass is 476 g/mol. The van der Waals surface area contributed by atoms with Crippen LogP contribution in [0.5, 0.6) is 0 Å². The van der Waals surface area contributed by atoms with E-state index in [9.17, 15) is 28.2 Å². The van der Waals surface area contributed by atoms with E-state index in [1.165, 1.54) is 6.07 Å². The number of benzene rings is 2. The highest BCUT2D eigenvalue weighted by atomic mass is 32.2. The van der Waals surface area contributed by atoms with Crippen LogP contribution < -0.4 is 20.9 Å². The van der Waals surface area contributed by atoms with Crippen molar-refractivity contribution >= 4 is 32.2 Å². The van der Waals surface area contributed by atoms with Crippen molar-refractivity contribution in [1.29, 1.82) is 0 Å². The van der Waals surface area contributed by atoms with Gasteiger partial charge in [0.2, 0.25) is 0 Å². The van der Waals surface area contributed by atoms with Crippen LogP contribution in [0.4, 0.5) is 11.4 Å². The Morgan fingerprint density at radius 3 is 2.55 bits per heavy atom. The van der Waals surface area contributed by atoms with Crippen molar-refractivity contribution in [2.24, 2.45) is 0 Å². The van der Waals surface area contributed by atoms with E-state index in [0.29, 0.717) is 10.8 Å². The standard InChI is InChI=1S/C21H24N4O7S/c1-24(2)15-7-3-6-13-12(15)5-4-8-18(13)33(30,31)23-14-10-25(21(29)22-20(14)28)19-9-16(27)17(11-26)32-19/h3-8,10,16-17,19,23,26-27H,9,11H2,1-2H3,(H,22,28,29)/t16-,17+,19+/m0/s1. The highest BCUT2D eigenvalue weighted by Crippen LogP contribution is 2.31. The third-order valence-corrected chi connectivity index (χ3v) is 6.96. The summed E-state index contributed by atoms with van der Waals surface area (Å²) < 4.78 is 35.2. The van der Waals surface area contributed by atoms with Crippen LogP contribution in [0.1, 0.15) is 12.6 Å². The minimum atomic E-state index is -4.22. The van der Waals surface area contributed by atoms with Crippen LogP contribution in [0, 0.1) is 0 Å². The Labute approximate surface area is 188 Å². The molecule has 0 unspecified atom stereocenters. The second-order valence-electron chi connectivity index (χ2n) is 7.95. The number of aromatic amines is 1. The molecular formula is C21H24N4O7S. The van der Waals surface area contributed by atoms with Gasteiger partial charge in [0, 0.05) is 43.2 Å². The number of rotatable bonds is 6. The van der Waals surface area contributed by atoms with Crippen LogP contribution in [0.3, 0.4) is 0 Å². The number of nitrogens with zero attached hydrogens (tertiary/aromatic N) is 2. The average Bonchev–Trinajstić information content (AvgIpc) is 3.14. The number of hydrogen-bond acceptors (Lipinski definition) is 8. The first-order chi connectivity index (χ1) is 15.6. The fraction of sp³-hybridized carbons (Fsp3) is 0.333. The molecule has 3 aromatic rings. The maximum atomic E-state index is 13.2. The highest BCUT2D eigenvalue weighted by molar-refractivity contribution is 7.93. The van der Waals surface area contributed by atoms with E-state index in [4.69, 9.17) is 4.74 Å². The van der Waals surface area contributed by atoms with Crippen molar-refractivity contribution in [3.63, 3.8) is 0 Å². The molecule has 1 aliphatic rings. The van der Waals surface area contributed by atoms with Crippen LogP contribution in [0.2, 0.25) is 0 Å². The third kappa shape index (κ3) is 4.25. The Bertz CT molecular complexity index is 1410. The molecule has 11 nitrogen and oxygen atoms in total. The first kappa shape index (κ1) is 23.0. The first-order valence-corrected chi connectivity index (χ1v) is 11.6. The van der Waals surface area contributed by atoms with Crippen LogP contribution >= 0.6 is 0 Å². The number of sulfonamides is 1. The number of aliphatic hydroxyl groups excluding tert-OH is 2. The van der Waals surface area contributed by atoms with Crippen molar-refractivity contribution in [3.05, 3.63) is 63.4 Å². The lowest BCUT2D eigenvalue weighted by molar-refractivity contribution is -0.0458. The topological polar surface area (TPSA) is 154 Å². The van der Waals surface area contributed by atoms with Gasteiger partial charge in [-0.2, -0.15) is 0 Å². The molecular weight excluding hydrogens is 452 g/mol. The van der Waals surface area contributed by atoms with Gasteiger partial charge in [-0.05, 0) is 12.1 Å². The Kier molecular flexibility index (Phi) is 6.01. The van der Waals surface area contributed by atoms with Crippen LogP contribution in [0.25, 0.3) is 10.8 Å². The molecule has 4 rings (SSSR count). The summed E-state index contributed by atoms with van der Waals surface area (Å²) in [5.41, 5.74) is -1.32. The predicted octanol–water partition coefficient (Wildman–Crippen LogP) is 0.197. The van der Waals surface area contributed by atoms with E-state index in [1.54, 1.807) is 24.3 Å². The molecule has 1 aliphatic heterocycles. The smallest absolute Gasteiger partial charge is 0.330 e. The number of aliphatic hydroxyl groups is 2. The molecule has 3 atom stereocenters. The highest BCUT2D eigenvalue weighted by Gasteiger charge is 2.35. The van der Waals surface area contributed by atoms with Crippen LogP contribution in [0.15, 0.2) is 57.1 Å². The molecule has 0 radical (unpaired) electrons. The summed E-state index contributed by atoms with van der Waals surface area (Å²) in [5.74, 6) is 0. The van der Waals surface area contributed by atoms with Crippen LogP contribution in [-0.4, -0.2) is 61.1 Å². The molecule has 0 aliphatic carbocycles. The first-order valence-electron chi connectivity index (χ1n) is 10.1. The summed E-state index contributed by atoms with van der Waals surface area (Å²) in [6, 6.07) is 10.1. The quantitative estimate of drug-likeness (QED) is 0.393. The summed E-state index contributed by atoms with van der Waals surface area (Å²) >= 11 is 0. The Morgan fingerprint density at radius 2 is 1.88 bits per heavy atom. The van der Waals surface area contributed by atoms with Gasteiger partial charge in [0.1, 0.15) is 18.0 Å². The zero-order valence-electron chi connectivity index (χ0n) is 17.9. The van der Waals surface area contributed by atoms with Crippen molar-refractivity contribution in [2.45, 2.75) is 29.8 Å². The fourth-order valence-corrected chi connectivity index (χ4v) is 5.18. The molecule has 176 valence electrons. The van der Waals surface area contributed by atoms with Gasteiger partial charge in [-0.1, -0.05) is 24.3 Å². The summed E-state index contributed by atoms with van der Waals surface area (Å²) in [6.07, 6.45) is -1.87. The summed E-state index contributed by atoms with van der Waals surface area (Å²) in [4.78, 5) is 28.6. The number of H-pyrrole nitrogens is 1. The Morgan fingerprint density at radius 1 is 1.18 bits per heavy atom. The van der Waals surface area contributed by atoms with Gasteiger partial charge in [0.15, 0.2) is 0 Å². The molecule has 0 bridgehead atoms. The lowest BCUT2D eigenvalue weighted by Gasteiger charge is -2.18. The van der Waals surface area contributed by atoms with Gasteiger partial charge in [-0.15, -0.1) is 0 Å². The molecule has 1 fully saturated rings. The third-order valence-electron chi connectivity index (χ3n) is 5.54. The van der Waals surface area contributed by atoms with Crippen molar-refractivity contribution in [2.75, 3.05) is 30.3 Å². The molecule has 2 aromatic carbocycles. The van der Waals surface area contributed by atoms with Crippen molar-refractivity contribution < 1.29 is 23.4 Å². The second-order valence-corrected chi connectivity index (χ2v) is 9.60. The number of nitrogens with one attached hydrogen (secondary N) is 2. The largest absolute Gasteiger partial charge is 0.394 e. The lowest BCUT2D eigenvalue weighted by Crippen LogP contribution is -2.34. The van der Waals surface area contributed by atoms with Gasteiger partial charge in [-0.25, -0.2) is 13.2 Å². The number of aromatic nitrogens is 2. The van der Waals surface area contributed by atoms with E-state index in [2.05, 4.69) is 9.71 Å². The number of anilines is 2. The van der Waals surface area contributed by atoms with E-state index in [-0.39, 0.29) is 17.0 Å². The molecule has 0 saturated carbocycles. The van der Waals surface area contributed by atoms with Gasteiger partial charge in [0.05, 0.1) is 17.6 Å². The van der Waals surface area contributed by atoms with Crippen molar-refractivity contribution in [1.82, 2.24) is 9.55 Å². The lowest BCUT2D eigenvalue weighted by atomic mass is 10.1. The van der Waals surface area contributed by atoms with Crippen molar-refractivity contribution in [3.8, 4) is 0 Å². The van der Waals surface area contributed by atoms with E-state index >= 15 is 0 Å². The average molecular weight is 477 g/mol. The minimum absolute atomic E-state index is 0.0139. The minimum Gasteiger partial charge on any atom is -0.394 e. The zero-order valence-corrected chi connectivity index (χ0v) is 18.7. The second kappa shape index (κ2) is 8.63. The molecule has 1 saturated heterocycles. The van der Waals surface area contributed by atoms with Crippen LogP contribution in [-0.2, 0) is 14.8 Å². The van der Waals surface area contributed by atoms with Gasteiger partial charge in [-0.3, -0.25) is 19.1 Å². The fourth-order valence-electron chi connectivity index (χ4n) is 3.91. The number of ether oxygens (including phenoxy) is 1.